The van der Waals surface area contributed by atoms with Crippen molar-refractivity contribution in [3.05, 3.63) is 29.3 Å². The lowest BCUT2D eigenvalue weighted by molar-refractivity contribution is 0.190. The monoisotopic (exact) mass is 255 g/mol. The third-order valence-electron chi connectivity index (χ3n) is 2.90. The van der Waals surface area contributed by atoms with Crippen molar-refractivity contribution in [3.8, 4) is 0 Å². The van der Waals surface area contributed by atoms with E-state index in [1.807, 2.05) is 32.0 Å². The first-order chi connectivity index (χ1) is 7.85. The van der Waals surface area contributed by atoms with E-state index >= 15 is 0 Å². The molecule has 94 valence electrons. The average Bonchev–Trinajstić information content (AvgIpc) is 2.37. The van der Waals surface area contributed by atoms with Gasteiger partial charge in [0, 0.05) is 5.69 Å². The molecule has 2 N–H and O–H groups in total. The molecule has 4 nitrogen and oxygen atoms in total. The average molecular weight is 255 g/mol. The van der Waals surface area contributed by atoms with E-state index in [2.05, 4.69) is 5.32 Å². The zero-order valence-corrected chi connectivity index (χ0v) is 10.8. The molecule has 1 aliphatic heterocycles. The highest BCUT2D eigenvalue weighted by Crippen LogP contribution is 2.20. The number of hydrogen-bond donors (Lipinski definition) is 2. The Labute approximate surface area is 102 Å². The second-order valence-corrected chi connectivity index (χ2v) is 6.93. The number of aliphatic hydroxyl groups is 1. The number of nitrogens with one attached hydrogen (secondary N) is 1. The molecular formula is C12H17NO3S. The number of sulfone groups is 1. The first-order valence-corrected chi connectivity index (χ1v) is 7.41. The number of rotatable bonds is 2. The Hall–Kier alpha value is -1.07. The van der Waals surface area contributed by atoms with E-state index in [0.717, 1.165) is 16.8 Å². The van der Waals surface area contributed by atoms with Gasteiger partial charge >= 0.3 is 0 Å². The van der Waals surface area contributed by atoms with Crippen molar-refractivity contribution in [1.82, 2.24) is 0 Å². The van der Waals surface area contributed by atoms with Crippen molar-refractivity contribution in [1.29, 1.82) is 0 Å². The molecule has 0 radical (unpaired) electrons. The molecule has 1 aromatic rings. The van der Waals surface area contributed by atoms with E-state index in [4.69, 9.17) is 0 Å². The van der Waals surface area contributed by atoms with Crippen LogP contribution in [0.5, 0.6) is 0 Å². The van der Waals surface area contributed by atoms with Crippen molar-refractivity contribution < 1.29 is 13.5 Å². The topological polar surface area (TPSA) is 66.4 Å². The number of hydrogen-bond acceptors (Lipinski definition) is 4. The second-order valence-electron chi connectivity index (χ2n) is 4.77. The molecule has 2 rings (SSSR count). The molecule has 17 heavy (non-hydrogen) atoms. The third-order valence-corrected chi connectivity index (χ3v) is 4.61. The fraction of sp³-hybridized carbons (Fsp3) is 0.500. The summed E-state index contributed by atoms with van der Waals surface area (Å²) in [7, 11) is -3.10. The Morgan fingerprint density at radius 3 is 2.24 bits per heavy atom. The lowest BCUT2D eigenvalue weighted by atomic mass is 10.1. The largest absolute Gasteiger partial charge is 0.390 e. The molecule has 0 saturated carbocycles. The summed E-state index contributed by atoms with van der Waals surface area (Å²) >= 11 is 0. The fourth-order valence-electron chi connectivity index (χ4n) is 2.24. The van der Waals surface area contributed by atoms with Crippen LogP contribution in [0.4, 0.5) is 5.69 Å². The first kappa shape index (κ1) is 12.4. The van der Waals surface area contributed by atoms with Crippen molar-refractivity contribution >= 4 is 15.5 Å². The normalized spacial score (nSPS) is 27.0. The Balaban J connectivity index is 2.16. The van der Waals surface area contributed by atoms with Crippen LogP contribution in [0, 0.1) is 13.8 Å². The van der Waals surface area contributed by atoms with Crippen LogP contribution >= 0.6 is 0 Å². The van der Waals surface area contributed by atoms with Crippen molar-refractivity contribution in [2.24, 2.45) is 0 Å². The van der Waals surface area contributed by atoms with Gasteiger partial charge in [-0.3, -0.25) is 0 Å². The van der Waals surface area contributed by atoms with Crippen LogP contribution in [0.25, 0.3) is 0 Å². The van der Waals surface area contributed by atoms with Crippen LogP contribution in [0.1, 0.15) is 11.1 Å². The smallest absolute Gasteiger partial charge is 0.155 e. The standard InChI is InChI=1S/C12H17NO3S/c1-8-3-9(2)5-10(4-8)13-11-6-17(15,16)7-12(11)14/h3-5,11-14H,6-7H2,1-2H3. The Morgan fingerprint density at radius 2 is 1.76 bits per heavy atom. The van der Waals surface area contributed by atoms with Crippen LogP contribution in [0.3, 0.4) is 0 Å². The predicted octanol–water partition coefficient (Wildman–Crippen LogP) is 0.873. The van der Waals surface area contributed by atoms with Gasteiger partial charge in [-0.25, -0.2) is 8.42 Å². The maximum Gasteiger partial charge on any atom is 0.155 e. The number of aryl methyl sites for hydroxylation is 2. The Morgan fingerprint density at radius 1 is 1.18 bits per heavy atom. The lowest BCUT2D eigenvalue weighted by Gasteiger charge is -2.17. The Kier molecular flexibility index (Phi) is 3.14. The molecular weight excluding hydrogens is 238 g/mol. The van der Waals surface area contributed by atoms with Gasteiger partial charge in [0.15, 0.2) is 9.84 Å². The van der Waals surface area contributed by atoms with E-state index < -0.39 is 22.0 Å². The molecule has 1 saturated heterocycles. The fourth-order valence-corrected chi connectivity index (χ4v) is 3.98. The van der Waals surface area contributed by atoms with E-state index in [0.29, 0.717) is 0 Å². The summed E-state index contributed by atoms with van der Waals surface area (Å²) < 4.78 is 22.8. The van der Waals surface area contributed by atoms with Gasteiger partial charge in [-0.1, -0.05) is 6.07 Å². The molecule has 0 spiro atoms. The summed E-state index contributed by atoms with van der Waals surface area (Å²) in [6.07, 6.45) is -0.819. The van der Waals surface area contributed by atoms with Gasteiger partial charge in [0.25, 0.3) is 0 Å². The van der Waals surface area contributed by atoms with Gasteiger partial charge in [0.05, 0.1) is 23.7 Å². The molecule has 0 amide bonds. The van der Waals surface area contributed by atoms with Crippen LogP contribution in [-0.2, 0) is 9.84 Å². The molecule has 0 aliphatic carbocycles. The SMILES string of the molecule is Cc1cc(C)cc(NC2CS(=O)(=O)CC2O)c1. The molecule has 1 fully saturated rings. The quantitative estimate of drug-likeness (QED) is 0.823. The highest BCUT2D eigenvalue weighted by atomic mass is 32.2. The minimum absolute atomic E-state index is 0.00115. The van der Waals surface area contributed by atoms with Gasteiger partial charge in [-0.2, -0.15) is 0 Å². The molecule has 1 aromatic carbocycles. The van der Waals surface area contributed by atoms with Crippen molar-refractivity contribution in [2.45, 2.75) is 26.0 Å². The van der Waals surface area contributed by atoms with Gasteiger partial charge in [-0.15, -0.1) is 0 Å². The lowest BCUT2D eigenvalue weighted by Crippen LogP contribution is -2.31. The van der Waals surface area contributed by atoms with Gasteiger partial charge < -0.3 is 10.4 Å². The highest BCUT2D eigenvalue weighted by Gasteiger charge is 2.36. The van der Waals surface area contributed by atoms with Crippen LogP contribution in [0.2, 0.25) is 0 Å². The van der Waals surface area contributed by atoms with E-state index in [-0.39, 0.29) is 11.5 Å². The maximum absolute atomic E-state index is 11.4. The van der Waals surface area contributed by atoms with Gasteiger partial charge in [0.2, 0.25) is 0 Å². The number of aliphatic hydroxyl groups excluding tert-OH is 1. The van der Waals surface area contributed by atoms with Gasteiger partial charge in [0.1, 0.15) is 0 Å². The minimum Gasteiger partial charge on any atom is -0.390 e. The Bertz CT molecular complexity index is 504. The zero-order valence-electron chi connectivity index (χ0n) is 9.97. The van der Waals surface area contributed by atoms with Crippen LogP contribution in [-0.4, -0.2) is 37.2 Å². The van der Waals surface area contributed by atoms with Crippen molar-refractivity contribution in [2.75, 3.05) is 16.8 Å². The second kappa shape index (κ2) is 4.31. The molecule has 1 aliphatic rings. The molecule has 0 aromatic heterocycles. The van der Waals surface area contributed by atoms with E-state index in [9.17, 15) is 13.5 Å². The summed E-state index contributed by atoms with van der Waals surface area (Å²) in [5, 5.41) is 12.8. The molecule has 5 heteroatoms. The van der Waals surface area contributed by atoms with E-state index in [1.54, 1.807) is 0 Å². The molecule has 0 bridgehead atoms. The number of anilines is 1. The van der Waals surface area contributed by atoms with Crippen LogP contribution < -0.4 is 5.32 Å². The summed E-state index contributed by atoms with van der Waals surface area (Å²) in [5.74, 6) is -0.142. The first-order valence-electron chi connectivity index (χ1n) is 5.59. The minimum atomic E-state index is -3.10. The van der Waals surface area contributed by atoms with Crippen LogP contribution in [0.15, 0.2) is 18.2 Å². The molecule has 2 unspecified atom stereocenters. The highest BCUT2D eigenvalue weighted by molar-refractivity contribution is 7.91. The molecule has 1 heterocycles. The summed E-state index contributed by atoms with van der Waals surface area (Å²) in [4.78, 5) is 0. The van der Waals surface area contributed by atoms with Gasteiger partial charge in [-0.05, 0) is 37.1 Å². The third kappa shape index (κ3) is 2.98. The predicted molar refractivity (Wildman–Crippen MR) is 68.0 cm³/mol. The molecule has 2 atom stereocenters. The zero-order chi connectivity index (χ0) is 12.6. The van der Waals surface area contributed by atoms with E-state index in [1.165, 1.54) is 0 Å². The summed E-state index contributed by atoms with van der Waals surface area (Å²) in [5.41, 5.74) is 3.09. The number of benzene rings is 1. The summed E-state index contributed by atoms with van der Waals surface area (Å²) in [6.45, 7) is 3.97. The summed E-state index contributed by atoms with van der Waals surface area (Å²) in [6, 6.07) is 5.55. The van der Waals surface area contributed by atoms with Crippen molar-refractivity contribution in [3.63, 3.8) is 0 Å². The maximum atomic E-state index is 11.4.